The van der Waals surface area contributed by atoms with Gasteiger partial charge in [0.1, 0.15) is 4.90 Å². The molecule has 2 aromatic carbocycles. The first-order chi connectivity index (χ1) is 9.84. The SMILES string of the molecule is C#Cc1ccc(-c2cccc(C(=O)O)c2S(=O)(=O)O)cc1. The van der Waals surface area contributed by atoms with Gasteiger partial charge < -0.3 is 5.11 Å². The van der Waals surface area contributed by atoms with Crippen molar-refractivity contribution >= 4 is 16.1 Å². The van der Waals surface area contributed by atoms with Crippen LogP contribution in [0.3, 0.4) is 0 Å². The minimum Gasteiger partial charge on any atom is -0.478 e. The zero-order valence-electron chi connectivity index (χ0n) is 10.6. The standard InChI is InChI=1S/C15H10O5S/c1-2-10-6-8-11(9-7-10)12-4-3-5-13(15(16)17)14(12)21(18,19)20/h1,3-9H,(H,16,17)(H,18,19,20). The second-order valence-corrected chi connectivity index (χ2v) is 5.54. The molecule has 0 spiro atoms. The Morgan fingerprint density at radius 1 is 1.10 bits per heavy atom. The summed E-state index contributed by atoms with van der Waals surface area (Å²) in [5, 5.41) is 9.08. The lowest BCUT2D eigenvalue weighted by Gasteiger charge is -2.10. The third-order valence-corrected chi connectivity index (χ3v) is 3.82. The maximum atomic E-state index is 11.5. The number of carboxylic acids is 1. The molecule has 0 saturated heterocycles. The van der Waals surface area contributed by atoms with Gasteiger partial charge in [0.15, 0.2) is 0 Å². The smallest absolute Gasteiger partial charge is 0.337 e. The minimum absolute atomic E-state index is 0.0981. The van der Waals surface area contributed by atoms with Crippen LogP contribution in [0.5, 0.6) is 0 Å². The Balaban J connectivity index is 2.77. The van der Waals surface area contributed by atoms with Gasteiger partial charge in [0.05, 0.1) is 5.56 Å². The van der Waals surface area contributed by atoms with Crippen molar-refractivity contribution in [3.05, 3.63) is 53.6 Å². The number of carboxylic acid groups (broad SMARTS) is 1. The Morgan fingerprint density at radius 3 is 2.19 bits per heavy atom. The quantitative estimate of drug-likeness (QED) is 0.670. The van der Waals surface area contributed by atoms with Crippen molar-refractivity contribution in [2.45, 2.75) is 4.90 Å². The van der Waals surface area contributed by atoms with E-state index in [1.165, 1.54) is 12.1 Å². The van der Waals surface area contributed by atoms with Crippen LogP contribution in [0.4, 0.5) is 0 Å². The summed E-state index contributed by atoms with van der Waals surface area (Å²) in [4.78, 5) is 10.5. The number of aromatic carboxylic acids is 1. The van der Waals surface area contributed by atoms with E-state index in [0.717, 1.165) is 6.07 Å². The van der Waals surface area contributed by atoms with E-state index >= 15 is 0 Å². The third kappa shape index (κ3) is 2.94. The monoisotopic (exact) mass is 302 g/mol. The van der Waals surface area contributed by atoms with Crippen LogP contribution in [-0.2, 0) is 10.1 Å². The average Bonchev–Trinajstić information content (AvgIpc) is 2.45. The van der Waals surface area contributed by atoms with Crippen molar-refractivity contribution < 1.29 is 22.9 Å². The van der Waals surface area contributed by atoms with Gasteiger partial charge in [-0.3, -0.25) is 4.55 Å². The summed E-state index contributed by atoms with van der Waals surface area (Å²) in [6.45, 7) is 0. The summed E-state index contributed by atoms with van der Waals surface area (Å²) in [7, 11) is -4.69. The van der Waals surface area contributed by atoms with E-state index in [-0.39, 0.29) is 5.56 Å². The normalized spacial score (nSPS) is 10.9. The molecule has 21 heavy (non-hydrogen) atoms. The Bertz CT molecular complexity index is 843. The summed E-state index contributed by atoms with van der Waals surface area (Å²) < 4.78 is 32.4. The van der Waals surface area contributed by atoms with Gasteiger partial charge in [0.25, 0.3) is 10.1 Å². The van der Waals surface area contributed by atoms with Gasteiger partial charge in [-0.25, -0.2) is 4.79 Å². The molecule has 0 radical (unpaired) electrons. The second kappa shape index (κ2) is 5.40. The lowest BCUT2D eigenvalue weighted by atomic mass is 10.0. The summed E-state index contributed by atoms with van der Waals surface area (Å²) >= 11 is 0. The van der Waals surface area contributed by atoms with Crippen LogP contribution in [0, 0.1) is 12.3 Å². The highest BCUT2D eigenvalue weighted by molar-refractivity contribution is 7.86. The van der Waals surface area contributed by atoms with Crippen LogP contribution >= 0.6 is 0 Å². The van der Waals surface area contributed by atoms with Crippen molar-refractivity contribution in [2.75, 3.05) is 0 Å². The van der Waals surface area contributed by atoms with Crippen LogP contribution in [0.25, 0.3) is 11.1 Å². The molecule has 0 fully saturated rings. The average molecular weight is 302 g/mol. The van der Waals surface area contributed by atoms with Crippen LogP contribution in [0.2, 0.25) is 0 Å². The molecule has 2 aromatic rings. The fraction of sp³-hybridized carbons (Fsp3) is 0. The first-order valence-corrected chi connectivity index (χ1v) is 7.19. The molecule has 0 aliphatic rings. The van der Waals surface area contributed by atoms with E-state index in [0.29, 0.717) is 11.1 Å². The van der Waals surface area contributed by atoms with E-state index in [1.807, 2.05) is 0 Å². The molecule has 2 rings (SSSR count). The van der Waals surface area contributed by atoms with Crippen molar-refractivity contribution in [3.63, 3.8) is 0 Å². The molecule has 6 heteroatoms. The Labute approximate surface area is 121 Å². The van der Waals surface area contributed by atoms with Gasteiger partial charge in [-0.05, 0) is 23.8 Å². The van der Waals surface area contributed by atoms with E-state index < -0.39 is 26.5 Å². The van der Waals surface area contributed by atoms with Gasteiger partial charge in [-0.15, -0.1) is 6.42 Å². The minimum atomic E-state index is -4.69. The van der Waals surface area contributed by atoms with Crippen LogP contribution in [-0.4, -0.2) is 24.0 Å². The molecule has 0 atom stereocenters. The molecular formula is C15H10O5S. The maximum Gasteiger partial charge on any atom is 0.337 e. The molecule has 0 amide bonds. The zero-order chi connectivity index (χ0) is 15.6. The van der Waals surface area contributed by atoms with Crippen LogP contribution in [0.1, 0.15) is 15.9 Å². The van der Waals surface area contributed by atoms with Gasteiger partial charge in [-0.2, -0.15) is 8.42 Å². The first kappa shape index (κ1) is 14.8. The Morgan fingerprint density at radius 2 is 1.71 bits per heavy atom. The van der Waals surface area contributed by atoms with Gasteiger partial charge in [0.2, 0.25) is 0 Å². The fourth-order valence-corrected chi connectivity index (χ4v) is 2.85. The molecule has 2 N–H and O–H groups in total. The number of rotatable bonds is 3. The highest BCUT2D eigenvalue weighted by Gasteiger charge is 2.24. The Hall–Kier alpha value is -2.62. The van der Waals surface area contributed by atoms with Gasteiger partial charge in [0, 0.05) is 11.1 Å². The molecule has 0 aliphatic heterocycles. The molecule has 0 heterocycles. The zero-order valence-corrected chi connectivity index (χ0v) is 11.5. The Kier molecular flexibility index (Phi) is 3.80. The van der Waals surface area contributed by atoms with E-state index in [9.17, 15) is 17.8 Å². The van der Waals surface area contributed by atoms with Gasteiger partial charge >= 0.3 is 5.97 Å². The van der Waals surface area contributed by atoms with E-state index in [1.54, 1.807) is 24.3 Å². The lowest BCUT2D eigenvalue weighted by molar-refractivity contribution is 0.0692. The molecule has 0 unspecified atom stereocenters. The number of carbonyl (C=O) groups is 1. The van der Waals surface area contributed by atoms with Crippen molar-refractivity contribution in [1.82, 2.24) is 0 Å². The highest BCUT2D eigenvalue weighted by atomic mass is 32.2. The predicted octanol–water partition coefficient (Wildman–Crippen LogP) is 2.28. The van der Waals surface area contributed by atoms with Crippen LogP contribution in [0.15, 0.2) is 47.4 Å². The van der Waals surface area contributed by atoms with E-state index in [2.05, 4.69) is 5.92 Å². The molecule has 0 aliphatic carbocycles. The topological polar surface area (TPSA) is 91.7 Å². The largest absolute Gasteiger partial charge is 0.478 e. The molecule has 0 aromatic heterocycles. The maximum absolute atomic E-state index is 11.5. The summed E-state index contributed by atoms with van der Waals surface area (Å²) in [5.74, 6) is 0.978. The first-order valence-electron chi connectivity index (χ1n) is 5.75. The van der Waals surface area contributed by atoms with Crippen molar-refractivity contribution in [3.8, 4) is 23.5 Å². The lowest BCUT2D eigenvalue weighted by Crippen LogP contribution is -2.09. The fourth-order valence-electron chi connectivity index (χ4n) is 1.96. The molecule has 5 nitrogen and oxygen atoms in total. The van der Waals surface area contributed by atoms with Gasteiger partial charge in [-0.1, -0.05) is 30.2 Å². The molecule has 106 valence electrons. The van der Waals surface area contributed by atoms with Crippen LogP contribution < -0.4 is 0 Å². The predicted molar refractivity (Wildman–Crippen MR) is 76.6 cm³/mol. The molecule has 0 saturated carbocycles. The summed E-state index contributed by atoms with van der Waals surface area (Å²) in [6.07, 6.45) is 5.24. The molecule has 0 bridgehead atoms. The molecular weight excluding hydrogens is 292 g/mol. The number of benzene rings is 2. The number of hydrogen-bond donors (Lipinski definition) is 2. The van der Waals surface area contributed by atoms with E-state index in [4.69, 9.17) is 11.5 Å². The highest BCUT2D eigenvalue weighted by Crippen LogP contribution is 2.30. The number of hydrogen-bond acceptors (Lipinski definition) is 3. The summed E-state index contributed by atoms with van der Waals surface area (Å²) in [5.41, 5.74) is 0.642. The third-order valence-electron chi connectivity index (χ3n) is 2.87. The summed E-state index contributed by atoms with van der Waals surface area (Å²) in [6, 6.07) is 10.2. The van der Waals surface area contributed by atoms with Crippen molar-refractivity contribution in [1.29, 1.82) is 0 Å². The van der Waals surface area contributed by atoms with Crippen molar-refractivity contribution in [2.24, 2.45) is 0 Å². The number of terminal acetylenes is 1. The second-order valence-electron chi connectivity index (χ2n) is 4.18.